The van der Waals surface area contributed by atoms with Gasteiger partial charge in [-0.1, -0.05) is 29.8 Å². The molecule has 4 nitrogen and oxygen atoms in total. The summed E-state index contributed by atoms with van der Waals surface area (Å²) >= 11 is 13.7. The first-order valence-electron chi connectivity index (χ1n) is 8.08. The van der Waals surface area contributed by atoms with Gasteiger partial charge in [0.15, 0.2) is 5.82 Å². The standard InChI is InChI=1S/C19H18Cl2N4S/c1-13-4-2-5-14(10-13)22-8-9-26-16-7-3-6-15(11-16)24-18-17(20)12-23-19(21)25-18/h2-7,10-12,22H,8-9H2,1H3,(H,23,24,25). The number of thioether (sulfide) groups is 1. The molecule has 1 aromatic heterocycles. The average molecular weight is 405 g/mol. The Morgan fingerprint density at radius 3 is 2.69 bits per heavy atom. The molecule has 134 valence electrons. The van der Waals surface area contributed by atoms with Crippen LogP contribution in [0.25, 0.3) is 0 Å². The van der Waals surface area contributed by atoms with Gasteiger partial charge in [-0.2, -0.15) is 4.98 Å². The van der Waals surface area contributed by atoms with Gasteiger partial charge in [-0.25, -0.2) is 4.98 Å². The van der Waals surface area contributed by atoms with E-state index in [1.165, 1.54) is 11.8 Å². The van der Waals surface area contributed by atoms with Crippen LogP contribution in [0.2, 0.25) is 10.3 Å². The molecule has 2 aromatic carbocycles. The maximum absolute atomic E-state index is 6.10. The third-order valence-corrected chi connectivity index (χ3v) is 4.98. The van der Waals surface area contributed by atoms with Gasteiger partial charge in [0.05, 0.1) is 6.20 Å². The van der Waals surface area contributed by atoms with Gasteiger partial charge in [-0.15, -0.1) is 11.8 Å². The van der Waals surface area contributed by atoms with Gasteiger partial charge < -0.3 is 10.6 Å². The quantitative estimate of drug-likeness (QED) is 0.285. The predicted molar refractivity (Wildman–Crippen MR) is 112 cm³/mol. The van der Waals surface area contributed by atoms with Crippen LogP contribution in [0, 0.1) is 6.92 Å². The molecular formula is C19H18Cl2N4S. The van der Waals surface area contributed by atoms with Crippen LogP contribution >= 0.6 is 35.0 Å². The Morgan fingerprint density at radius 1 is 1.04 bits per heavy atom. The van der Waals surface area contributed by atoms with Gasteiger partial charge >= 0.3 is 0 Å². The molecule has 0 aliphatic carbocycles. The van der Waals surface area contributed by atoms with Crippen LogP contribution in [0.1, 0.15) is 5.56 Å². The van der Waals surface area contributed by atoms with Crippen molar-refractivity contribution in [2.75, 3.05) is 22.9 Å². The minimum Gasteiger partial charge on any atom is -0.384 e. The molecule has 3 aromatic rings. The molecule has 0 saturated carbocycles. The van der Waals surface area contributed by atoms with Crippen molar-refractivity contribution in [1.82, 2.24) is 9.97 Å². The van der Waals surface area contributed by atoms with Gasteiger partial charge in [-0.05, 0) is 54.4 Å². The lowest BCUT2D eigenvalue weighted by Crippen LogP contribution is -2.04. The third-order valence-electron chi connectivity index (χ3n) is 3.53. The fourth-order valence-electron chi connectivity index (χ4n) is 2.35. The first kappa shape index (κ1) is 18.8. The second-order valence-electron chi connectivity index (χ2n) is 5.63. The zero-order valence-electron chi connectivity index (χ0n) is 14.2. The van der Waals surface area contributed by atoms with E-state index in [9.17, 15) is 0 Å². The number of hydrogen-bond donors (Lipinski definition) is 2. The fourth-order valence-corrected chi connectivity index (χ4v) is 3.45. The summed E-state index contributed by atoms with van der Waals surface area (Å²) in [6.07, 6.45) is 1.48. The Morgan fingerprint density at radius 2 is 1.85 bits per heavy atom. The molecule has 0 atom stereocenters. The molecule has 3 rings (SSSR count). The zero-order valence-corrected chi connectivity index (χ0v) is 16.5. The van der Waals surface area contributed by atoms with Crippen LogP contribution in [0.4, 0.5) is 17.2 Å². The van der Waals surface area contributed by atoms with Crippen LogP contribution < -0.4 is 10.6 Å². The van der Waals surface area contributed by atoms with E-state index in [0.717, 1.165) is 28.6 Å². The number of anilines is 3. The fraction of sp³-hybridized carbons (Fsp3) is 0.158. The lowest BCUT2D eigenvalue weighted by atomic mass is 10.2. The SMILES string of the molecule is Cc1cccc(NCCSc2cccc(Nc3nc(Cl)ncc3Cl)c2)c1. The molecule has 0 aliphatic heterocycles. The monoisotopic (exact) mass is 404 g/mol. The van der Waals surface area contributed by atoms with Gasteiger partial charge in [0.25, 0.3) is 0 Å². The lowest BCUT2D eigenvalue weighted by molar-refractivity contribution is 1.17. The van der Waals surface area contributed by atoms with E-state index >= 15 is 0 Å². The van der Waals surface area contributed by atoms with Crippen molar-refractivity contribution in [3.8, 4) is 0 Å². The molecule has 7 heteroatoms. The van der Waals surface area contributed by atoms with E-state index in [1.54, 1.807) is 11.8 Å². The highest BCUT2D eigenvalue weighted by atomic mass is 35.5. The zero-order chi connectivity index (χ0) is 18.4. The van der Waals surface area contributed by atoms with Crippen LogP contribution in [0.5, 0.6) is 0 Å². The molecule has 0 saturated heterocycles. The third kappa shape index (κ3) is 5.53. The highest BCUT2D eigenvalue weighted by Gasteiger charge is 2.05. The molecule has 0 bridgehead atoms. The molecule has 0 radical (unpaired) electrons. The summed E-state index contributed by atoms with van der Waals surface area (Å²) in [6, 6.07) is 16.5. The summed E-state index contributed by atoms with van der Waals surface area (Å²) in [5.74, 6) is 1.45. The molecule has 1 heterocycles. The van der Waals surface area contributed by atoms with E-state index in [2.05, 4.69) is 63.9 Å². The largest absolute Gasteiger partial charge is 0.384 e. The van der Waals surface area contributed by atoms with Gasteiger partial charge in [0, 0.05) is 28.6 Å². The summed E-state index contributed by atoms with van der Waals surface area (Å²) in [7, 11) is 0. The number of aromatic nitrogens is 2. The van der Waals surface area contributed by atoms with E-state index in [0.29, 0.717) is 10.8 Å². The van der Waals surface area contributed by atoms with Gasteiger partial charge in [-0.3, -0.25) is 0 Å². The maximum Gasteiger partial charge on any atom is 0.224 e. The van der Waals surface area contributed by atoms with E-state index in [1.807, 2.05) is 12.1 Å². The number of nitrogens with one attached hydrogen (secondary N) is 2. The second-order valence-corrected chi connectivity index (χ2v) is 7.55. The molecule has 0 fully saturated rings. The summed E-state index contributed by atoms with van der Waals surface area (Å²) in [5.41, 5.74) is 3.31. The Balaban J connectivity index is 1.55. The van der Waals surface area contributed by atoms with Gasteiger partial charge in [0.1, 0.15) is 5.02 Å². The first-order chi connectivity index (χ1) is 12.6. The topological polar surface area (TPSA) is 49.8 Å². The molecule has 0 spiro atoms. The van der Waals surface area contributed by atoms with Crippen molar-refractivity contribution in [2.24, 2.45) is 0 Å². The molecule has 0 amide bonds. The Labute approximate surface area is 167 Å². The lowest BCUT2D eigenvalue weighted by Gasteiger charge is -2.10. The summed E-state index contributed by atoms with van der Waals surface area (Å²) in [5, 5.41) is 7.20. The second kappa shape index (κ2) is 9.12. The Kier molecular flexibility index (Phi) is 6.61. The van der Waals surface area contributed by atoms with Crippen LogP contribution in [0.3, 0.4) is 0 Å². The predicted octanol–water partition coefficient (Wildman–Crippen LogP) is 6.04. The van der Waals surface area contributed by atoms with Crippen molar-refractivity contribution < 1.29 is 0 Å². The van der Waals surface area contributed by atoms with Gasteiger partial charge in [0.2, 0.25) is 5.28 Å². The molecule has 2 N–H and O–H groups in total. The normalized spacial score (nSPS) is 10.6. The number of hydrogen-bond acceptors (Lipinski definition) is 5. The van der Waals surface area contributed by atoms with Crippen LogP contribution in [0.15, 0.2) is 59.6 Å². The minimum atomic E-state index is 0.157. The number of benzene rings is 2. The van der Waals surface area contributed by atoms with Crippen LogP contribution in [-0.4, -0.2) is 22.3 Å². The van der Waals surface area contributed by atoms with Crippen molar-refractivity contribution in [1.29, 1.82) is 0 Å². The highest BCUT2D eigenvalue weighted by molar-refractivity contribution is 7.99. The molecule has 0 aliphatic rings. The minimum absolute atomic E-state index is 0.157. The van der Waals surface area contributed by atoms with Crippen molar-refractivity contribution in [3.63, 3.8) is 0 Å². The van der Waals surface area contributed by atoms with Crippen molar-refractivity contribution >= 4 is 52.2 Å². The Hall–Kier alpha value is -1.95. The van der Waals surface area contributed by atoms with Crippen LogP contribution in [-0.2, 0) is 0 Å². The summed E-state index contributed by atoms with van der Waals surface area (Å²) in [4.78, 5) is 9.12. The highest BCUT2D eigenvalue weighted by Crippen LogP contribution is 2.27. The number of halogens is 2. The summed E-state index contributed by atoms with van der Waals surface area (Å²) < 4.78 is 0. The number of nitrogens with zero attached hydrogens (tertiary/aromatic N) is 2. The number of aryl methyl sites for hydroxylation is 1. The van der Waals surface area contributed by atoms with E-state index in [-0.39, 0.29) is 5.28 Å². The molecule has 0 unspecified atom stereocenters. The molecule has 26 heavy (non-hydrogen) atoms. The smallest absolute Gasteiger partial charge is 0.224 e. The molecular weight excluding hydrogens is 387 g/mol. The Bertz CT molecular complexity index is 889. The number of rotatable bonds is 7. The first-order valence-corrected chi connectivity index (χ1v) is 9.83. The van der Waals surface area contributed by atoms with E-state index < -0.39 is 0 Å². The maximum atomic E-state index is 6.10. The summed E-state index contributed by atoms with van der Waals surface area (Å²) in [6.45, 7) is 2.98. The van der Waals surface area contributed by atoms with Crippen molar-refractivity contribution in [3.05, 3.63) is 70.6 Å². The van der Waals surface area contributed by atoms with E-state index in [4.69, 9.17) is 23.2 Å². The average Bonchev–Trinajstić information content (AvgIpc) is 2.62. The van der Waals surface area contributed by atoms with Crippen molar-refractivity contribution in [2.45, 2.75) is 11.8 Å².